The van der Waals surface area contributed by atoms with Crippen LogP contribution in [0.15, 0.2) is 60.8 Å². The van der Waals surface area contributed by atoms with Gasteiger partial charge >= 0.3 is 0 Å². The van der Waals surface area contributed by atoms with Gasteiger partial charge in [0, 0.05) is 5.69 Å². The Kier molecular flexibility index (Phi) is 4.41. The molecule has 3 rings (SSSR count). The Morgan fingerprint density at radius 1 is 1.09 bits per heavy atom. The van der Waals surface area contributed by atoms with Gasteiger partial charge in [0.05, 0.1) is 11.1 Å². The van der Waals surface area contributed by atoms with Crippen LogP contribution in [0.2, 0.25) is 0 Å². The van der Waals surface area contributed by atoms with E-state index >= 15 is 0 Å². The molecule has 1 heterocycles. The summed E-state index contributed by atoms with van der Waals surface area (Å²) in [7, 11) is 0. The van der Waals surface area contributed by atoms with Gasteiger partial charge in [-0.25, -0.2) is 0 Å². The number of benzene rings is 2. The number of aromatic nitrogens is 2. The second kappa shape index (κ2) is 6.82. The molecule has 6 heteroatoms. The van der Waals surface area contributed by atoms with Gasteiger partial charge in [-0.15, -0.1) is 5.10 Å². The van der Waals surface area contributed by atoms with Crippen molar-refractivity contribution < 1.29 is 9.53 Å². The third-order valence-electron chi connectivity index (χ3n) is 2.93. The number of carbonyl (C=O) groups excluding carboxylic acids is 1. The van der Waals surface area contributed by atoms with Crippen LogP contribution in [0.1, 0.15) is 0 Å². The molecule has 110 valence electrons. The number of nitrogens with zero attached hydrogens (tertiary/aromatic N) is 2. The molecule has 1 amide bonds. The SMILES string of the molecule is O=C(COc1ccccc1)Nc1ccc(-c2cnns2)cc1. The lowest BCUT2D eigenvalue weighted by atomic mass is 10.2. The molecule has 2 aromatic carbocycles. The van der Waals surface area contributed by atoms with Crippen molar-refractivity contribution in [3.05, 3.63) is 60.8 Å². The molecule has 3 aromatic rings. The van der Waals surface area contributed by atoms with Crippen LogP contribution in [0.25, 0.3) is 10.4 Å². The molecule has 0 fully saturated rings. The standard InChI is InChI=1S/C16H13N3O2S/c20-16(11-21-14-4-2-1-3-5-14)18-13-8-6-12(7-9-13)15-10-17-19-22-15/h1-10H,11H2,(H,18,20). The van der Waals surface area contributed by atoms with Crippen molar-refractivity contribution in [3.63, 3.8) is 0 Å². The van der Waals surface area contributed by atoms with E-state index in [1.165, 1.54) is 11.5 Å². The van der Waals surface area contributed by atoms with E-state index in [2.05, 4.69) is 14.9 Å². The highest BCUT2D eigenvalue weighted by Gasteiger charge is 2.05. The predicted molar refractivity (Wildman–Crippen MR) is 85.9 cm³/mol. The summed E-state index contributed by atoms with van der Waals surface area (Å²) in [5.41, 5.74) is 1.75. The van der Waals surface area contributed by atoms with E-state index in [1.807, 2.05) is 54.6 Å². The average Bonchev–Trinajstić information content (AvgIpc) is 3.09. The molecule has 0 spiro atoms. The van der Waals surface area contributed by atoms with Crippen LogP contribution in [0, 0.1) is 0 Å². The van der Waals surface area contributed by atoms with Crippen LogP contribution in [-0.2, 0) is 4.79 Å². The van der Waals surface area contributed by atoms with Crippen LogP contribution >= 0.6 is 11.5 Å². The number of anilines is 1. The van der Waals surface area contributed by atoms with Gasteiger partial charge in [-0.1, -0.05) is 34.8 Å². The van der Waals surface area contributed by atoms with Crippen molar-refractivity contribution in [2.24, 2.45) is 0 Å². The molecule has 0 bridgehead atoms. The Bertz CT molecular complexity index is 728. The minimum Gasteiger partial charge on any atom is -0.484 e. The molecule has 0 aliphatic rings. The third kappa shape index (κ3) is 3.67. The largest absolute Gasteiger partial charge is 0.484 e. The molecule has 5 nitrogen and oxygen atoms in total. The Labute approximate surface area is 131 Å². The van der Waals surface area contributed by atoms with Crippen molar-refractivity contribution >= 4 is 23.1 Å². The Balaban J connectivity index is 1.55. The average molecular weight is 311 g/mol. The van der Waals surface area contributed by atoms with Crippen LogP contribution in [0.3, 0.4) is 0 Å². The number of para-hydroxylation sites is 1. The van der Waals surface area contributed by atoms with Crippen molar-refractivity contribution in [1.29, 1.82) is 0 Å². The smallest absolute Gasteiger partial charge is 0.262 e. The summed E-state index contributed by atoms with van der Waals surface area (Å²) < 4.78 is 9.22. The number of nitrogens with one attached hydrogen (secondary N) is 1. The second-order valence-electron chi connectivity index (χ2n) is 4.51. The molecule has 0 saturated carbocycles. The summed E-state index contributed by atoms with van der Waals surface area (Å²) in [6.07, 6.45) is 1.71. The number of hydrogen-bond donors (Lipinski definition) is 1. The van der Waals surface area contributed by atoms with Gasteiger partial charge in [0.15, 0.2) is 6.61 Å². The first-order valence-corrected chi connectivity index (χ1v) is 7.44. The molecule has 0 unspecified atom stereocenters. The van der Waals surface area contributed by atoms with E-state index in [-0.39, 0.29) is 12.5 Å². The van der Waals surface area contributed by atoms with Crippen molar-refractivity contribution in [2.45, 2.75) is 0 Å². The Hall–Kier alpha value is -2.73. The first kappa shape index (κ1) is 14.2. The Morgan fingerprint density at radius 3 is 2.55 bits per heavy atom. The van der Waals surface area contributed by atoms with E-state index in [0.29, 0.717) is 5.75 Å². The highest BCUT2D eigenvalue weighted by Crippen LogP contribution is 2.23. The molecule has 1 aromatic heterocycles. The lowest BCUT2D eigenvalue weighted by Crippen LogP contribution is -2.20. The zero-order valence-electron chi connectivity index (χ0n) is 11.6. The van der Waals surface area contributed by atoms with Gasteiger partial charge in [-0.05, 0) is 41.4 Å². The summed E-state index contributed by atoms with van der Waals surface area (Å²) in [6, 6.07) is 16.8. The molecular weight excluding hydrogens is 298 g/mol. The fraction of sp³-hybridized carbons (Fsp3) is 0.0625. The van der Waals surface area contributed by atoms with E-state index in [1.54, 1.807) is 6.20 Å². The lowest BCUT2D eigenvalue weighted by Gasteiger charge is -2.07. The third-order valence-corrected chi connectivity index (χ3v) is 3.64. The number of rotatable bonds is 5. The van der Waals surface area contributed by atoms with Crippen LogP contribution in [0.5, 0.6) is 5.75 Å². The highest BCUT2D eigenvalue weighted by atomic mass is 32.1. The maximum absolute atomic E-state index is 11.8. The van der Waals surface area contributed by atoms with Gasteiger partial charge in [0.2, 0.25) is 0 Å². The van der Waals surface area contributed by atoms with Crippen LogP contribution < -0.4 is 10.1 Å². The lowest BCUT2D eigenvalue weighted by molar-refractivity contribution is -0.118. The molecular formula is C16H13N3O2S. The molecule has 0 aliphatic heterocycles. The minimum absolute atomic E-state index is 0.0233. The van der Waals surface area contributed by atoms with E-state index in [9.17, 15) is 4.79 Å². The van der Waals surface area contributed by atoms with E-state index in [4.69, 9.17) is 4.74 Å². The van der Waals surface area contributed by atoms with Crippen LogP contribution in [-0.4, -0.2) is 22.1 Å². The zero-order valence-corrected chi connectivity index (χ0v) is 12.4. The maximum atomic E-state index is 11.8. The molecule has 1 N–H and O–H groups in total. The summed E-state index contributed by atoms with van der Waals surface area (Å²) >= 11 is 1.33. The molecule has 0 atom stereocenters. The summed E-state index contributed by atoms with van der Waals surface area (Å²) in [6.45, 7) is -0.0233. The number of ether oxygens (including phenoxy) is 1. The second-order valence-corrected chi connectivity index (χ2v) is 5.29. The normalized spacial score (nSPS) is 10.2. The molecule has 0 radical (unpaired) electrons. The molecule has 22 heavy (non-hydrogen) atoms. The number of carbonyl (C=O) groups is 1. The molecule has 0 saturated heterocycles. The number of hydrogen-bond acceptors (Lipinski definition) is 5. The summed E-state index contributed by atoms with van der Waals surface area (Å²) in [4.78, 5) is 12.8. The first-order valence-electron chi connectivity index (χ1n) is 6.67. The summed E-state index contributed by atoms with van der Waals surface area (Å²) in [5.74, 6) is 0.474. The summed E-state index contributed by atoms with van der Waals surface area (Å²) in [5, 5.41) is 6.60. The highest BCUT2D eigenvalue weighted by molar-refractivity contribution is 7.09. The van der Waals surface area contributed by atoms with E-state index in [0.717, 1.165) is 16.1 Å². The van der Waals surface area contributed by atoms with Crippen LogP contribution in [0.4, 0.5) is 5.69 Å². The predicted octanol–water partition coefficient (Wildman–Crippen LogP) is 3.22. The minimum atomic E-state index is -0.198. The zero-order chi connectivity index (χ0) is 15.2. The van der Waals surface area contributed by atoms with Gasteiger partial charge < -0.3 is 10.1 Å². The van der Waals surface area contributed by atoms with Crippen molar-refractivity contribution in [2.75, 3.05) is 11.9 Å². The fourth-order valence-electron chi connectivity index (χ4n) is 1.87. The fourth-order valence-corrected chi connectivity index (χ4v) is 2.39. The maximum Gasteiger partial charge on any atom is 0.262 e. The van der Waals surface area contributed by atoms with Crippen molar-refractivity contribution in [1.82, 2.24) is 9.59 Å². The first-order chi connectivity index (χ1) is 10.8. The Morgan fingerprint density at radius 2 is 1.86 bits per heavy atom. The van der Waals surface area contributed by atoms with E-state index < -0.39 is 0 Å². The van der Waals surface area contributed by atoms with Gasteiger partial charge in [-0.2, -0.15) is 0 Å². The van der Waals surface area contributed by atoms with Gasteiger partial charge in [0.25, 0.3) is 5.91 Å². The topological polar surface area (TPSA) is 64.1 Å². The number of amides is 1. The van der Waals surface area contributed by atoms with Gasteiger partial charge in [0.1, 0.15) is 5.75 Å². The molecule has 0 aliphatic carbocycles. The van der Waals surface area contributed by atoms with Gasteiger partial charge in [-0.3, -0.25) is 4.79 Å². The van der Waals surface area contributed by atoms with Crippen molar-refractivity contribution in [3.8, 4) is 16.2 Å². The monoisotopic (exact) mass is 311 g/mol. The quantitative estimate of drug-likeness (QED) is 0.786.